The van der Waals surface area contributed by atoms with Gasteiger partial charge in [0.25, 0.3) is 0 Å². The fraction of sp³-hybridized carbons (Fsp3) is 0.370. The smallest absolute Gasteiger partial charge is 0.230 e. The number of nitrogens with one attached hydrogen (secondary N) is 1. The van der Waals surface area contributed by atoms with Gasteiger partial charge in [0.15, 0.2) is 22.5 Å². The molecule has 0 saturated heterocycles. The van der Waals surface area contributed by atoms with Crippen LogP contribution in [0, 0.1) is 0 Å². The summed E-state index contributed by atoms with van der Waals surface area (Å²) >= 11 is 1.37. The van der Waals surface area contributed by atoms with E-state index in [1.807, 2.05) is 28.8 Å². The van der Waals surface area contributed by atoms with Crippen molar-refractivity contribution < 1.29 is 14.3 Å². The predicted octanol–water partition coefficient (Wildman–Crippen LogP) is 4.90. The first-order chi connectivity index (χ1) is 16.8. The van der Waals surface area contributed by atoms with Gasteiger partial charge in [0.05, 0.1) is 20.0 Å². The van der Waals surface area contributed by atoms with Gasteiger partial charge in [-0.3, -0.25) is 9.36 Å². The first-order valence-corrected chi connectivity index (χ1v) is 12.5. The van der Waals surface area contributed by atoms with E-state index in [4.69, 9.17) is 9.47 Å². The molecule has 0 saturated carbocycles. The number of carbonyl (C=O) groups excluding carboxylic acids is 1. The molecular weight excluding hydrogens is 460 g/mol. The van der Waals surface area contributed by atoms with Crippen LogP contribution in [0.15, 0.2) is 60.3 Å². The lowest BCUT2D eigenvalue weighted by Gasteiger charge is -2.19. The monoisotopic (exact) mass is 494 g/mol. The summed E-state index contributed by atoms with van der Waals surface area (Å²) in [5.41, 5.74) is 3.39. The number of thioether (sulfide) groups is 1. The van der Waals surface area contributed by atoms with Gasteiger partial charge in [-0.2, -0.15) is 0 Å². The number of allylic oxidation sites excluding steroid dienone is 1. The molecular formula is C27H34N4O3S. The number of hydrogen-bond donors (Lipinski definition) is 1. The van der Waals surface area contributed by atoms with Crippen molar-refractivity contribution in [3.05, 3.63) is 66.2 Å². The van der Waals surface area contributed by atoms with Gasteiger partial charge in [-0.05, 0) is 35.1 Å². The molecule has 1 amide bonds. The molecule has 0 atom stereocenters. The van der Waals surface area contributed by atoms with Crippen molar-refractivity contribution in [3.63, 3.8) is 0 Å². The van der Waals surface area contributed by atoms with E-state index in [9.17, 15) is 4.79 Å². The van der Waals surface area contributed by atoms with Crippen molar-refractivity contribution in [3.8, 4) is 22.9 Å². The number of rotatable bonds is 11. The average molecular weight is 495 g/mol. The Bertz CT molecular complexity index is 1150. The van der Waals surface area contributed by atoms with Crippen LogP contribution >= 0.6 is 11.8 Å². The molecule has 0 aliphatic heterocycles. The minimum atomic E-state index is -0.0558. The third-order valence-electron chi connectivity index (χ3n) is 5.55. The number of carbonyl (C=O) groups is 1. The highest BCUT2D eigenvalue weighted by Gasteiger charge is 2.17. The van der Waals surface area contributed by atoms with E-state index in [1.165, 1.54) is 17.3 Å². The highest BCUT2D eigenvalue weighted by Crippen LogP contribution is 2.29. The Kier molecular flexibility index (Phi) is 8.98. The van der Waals surface area contributed by atoms with Gasteiger partial charge in [0, 0.05) is 18.7 Å². The molecule has 1 N–H and O–H groups in total. The maximum Gasteiger partial charge on any atom is 0.230 e. The first-order valence-electron chi connectivity index (χ1n) is 11.5. The van der Waals surface area contributed by atoms with Crippen LogP contribution in [0.3, 0.4) is 0 Å². The lowest BCUT2D eigenvalue weighted by molar-refractivity contribution is -0.118. The maximum absolute atomic E-state index is 12.5. The van der Waals surface area contributed by atoms with Crippen molar-refractivity contribution in [2.75, 3.05) is 26.5 Å². The molecule has 0 fully saturated rings. The van der Waals surface area contributed by atoms with E-state index in [-0.39, 0.29) is 17.1 Å². The largest absolute Gasteiger partial charge is 0.493 e. The quantitative estimate of drug-likeness (QED) is 0.302. The summed E-state index contributed by atoms with van der Waals surface area (Å²) < 4.78 is 12.6. The van der Waals surface area contributed by atoms with Crippen LogP contribution in [0.4, 0.5) is 0 Å². The summed E-state index contributed by atoms with van der Waals surface area (Å²) in [6, 6.07) is 14.1. The summed E-state index contributed by atoms with van der Waals surface area (Å²) in [5, 5.41) is 12.4. The van der Waals surface area contributed by atoms with Gasteiger partial charge in [-0.1, -0.05) is 68.9 Å². The summed E-state index contributed by atoms with van der Waals surface area (Å²) in [7, 11) is 3.22. The third-order valence-corrected chi connectivity index (χ3v) is 6.52. The van der Waals surface area contributed by atoms with Crippen molar-refractivity contribution in [1.29, 1.82) is 0 Å². The molecule has 0 aliphatic carbocycles. The molecule has 0 unspecified atom stereocenters. The van der Waals surface area contributed by atoms with Gasteiger partial charge in [0.2, 0.25) is 5.91 Å². The van der Waals surface area contributed by atoms with E-state index in [2.05, 4.69) is 67.1 Å². The number of hydrogen-bond acceptors (Lipinski definition) is 6. The number of benzene rings is 2. The number of ether oxygens (including phenoxy) is 2. The average Bonchev–Trinajstić information content (AvgIpc) is 3.24. The molecule has 0 aliphatic rings. The third kappa shape index (κ3) is 6.88. The second-order valence-corrected chi connectivity index (χ2v) is 10.1. The number of nitrogens with zero attached hydrogens (tertiary/aromatic N) is 3. The van der Waals surface area contributed by atoms with Crippen LogP contribution in [0.2, 0.25) is 0 Å². The summed E-state index contributed by atoms with van der Waals surface area (Å²) in [4.78, 5) is 12.5. The maximum atomic E-state index is 12.5. The summed E-state index contributed by atoms with van der Waals surface area (Å²) in [5.74, 6) is 2.33. The molecule has 3 aromatic rings. The van der Waals surface area contributed by atoms with Gasteiger partial charge in [0.1, 0.15) is 0 Å². The van der Waals surface area contributed by atoms with Gasteiger partial charge < -0.3 is 14.8 Å². The first kappa shape index (κ1) is 26.3. The Morgan fingerprint density at radius 2 is 1.80 bits per heavy atom. The van der Waals surface area contributed by atoms with Crippen LogP contribution in [-0.4, -0.2) is 47.2 Å². The SMILES string of the molecule is C=CCn1c(SCC(=O)NCCc2ccc(OC)c(OC)c2)nnc1-c1ccc(C(C)(C)C)cc1. The minimum absolute atomic E-state index is 0.0558. The van der Waals surface area contributed by atoms with Crippen LogP contribution in [-0.2, 0) is 23.2 Å². The Hall–Kier alpha value is -3.26. The lowest BCUT2D eigenvalue weighted by Crippen LogP contribution is -2.27. The molecule has 0 spiro atoms. The van der Waals surface area contributed by atoms with E-state index in [0.29, 0.717) is 36.2 Å². The number of amides is 1. The Balaban J connectivity index is 1.59. The standard InChI is InChI=1S/C27H34N4O3S/c1-7-16-31-25(20-9-11-21(12-10-20)27(2,3)4)29-30-26(31)35-18-24(32)28-15-14-19-8-13-22(33-5)23(17-19)34-6/h7-13,17H,1,14-16,18H2,2-6H3,(H,28,32). The molecule has 1 aromatic heterocycles. The second kappa shape index (κ2) is 11.9. The van der Waals surface area contributed by atoms with Crippen molar-refractivity contribution in [2.45, 2.75) is 44.3 Å². The molecule has 2 aromatic carbocycles. The Labute approximate surface area is 211 Å². The molecule has 35 heavy (non-hydrogen) atoms. The predicted molar refractivity (Wildman–Crippen MR) is 141 cm³/mol. The van der Waals surface area contributed by atoms with Crippen molar-refractivity contribution in [2.24, 2.45) is 0 Å². The lowest BCUT2D eigenvalue weighted by atomic mass is 9.87. The molecule has 8 heteroatoms. The second-order valence-electron chi connectivity index (χ2n) is 9.11. The molecule has 1 heterocycles. The molecule has 7 nitrogen and oxygen atoms in total. The van der Waals surface area contributed by atoms with Gasteiger partial charge in [-0.15, -0.1) is 16.8 Å². The number of methoxy groups -OCH3 is 2. The van der Waals surface area contributed by atoms with Crippen molar-refractivity contribution >= 4 is 17.7 Å². The van der Waals surface area contributed by atoms with Gasteiger partial charge in [-0.25, -0.2) is 0 Å². The number of aromatic nitrogens is 3. The topological polar surface area (TPSA) is 78.3 Å². The molecule has 3 rings (SSSR count). The summed E-state index contributed by atoms with van der Waals surface area (Å²) in [6.45, 7) is 11.5. The van der Waals surface area contributed by atoms with Gasteiger partial charge >= 0.3 is 0 Å². The molecule has 0 radical (unpaired) electrons. The zero-order chi connectivity index (χ0) is 25.4. The van der Waals surface area contributed by atoms with E-state index >= 15 is 0 Å². The van der Waals surface area contributed by atoms with E-state index < -0.39 is 0 Å². The Morgan fingerprint density at radius 3 is 2.43 bits per heavy atom. The zero-order valence-electron chi connectivity index (χ0n) is 21.1. The summed E-state index contributed by atoms with van der Waals surface area (Å²) in [6.07, 6.45) is 2.50. The highest BCUT2D eigenvalue weighted by molar-refractivity contribution is 7.99. The fourth-order valence-electron chi connectivity index (χ4n) is 3.59. The fourth-order valence-corrected chi connectivity index (χ4v) is 4.36. The van der Waals surface area contributed by atoms with Crippen LogP contribution in [0.1, 0.15) is 31.9 Å². The van der Waals surface area contributed by atoms with Crippen molar-refractivity contribution in [1.82, 2.24) is 20.1 Å². The zero-order valence-corrected chi connectivity index (χ0v) is 21.9. The van der Waals surface area contributed by atoms with E-state index in [0.717, 1.165) is 17.0 Å². The van der Waals surface area contributed by atoms with Crippen LogP contribution in [0.5, 0.6) is 11.5 Å². The molecule has 0 bridgehead atoms. The minimum Gasteiger partial charge on any atom is -0.493 e. The van der Waals surface area contributed by atoms with E-state index in [1.54, 1.807) is 14.2 Å². The Morgan fingerprint density at radius 1 is 1.09 bits per heavy atom. The molecule has 186 valence electrons. The van der Waals surface area contributed by atoms with Crippen LogP contribution < -0.4 is 14.8 Å². The van der Waals surface area contributed by atoms with Crippen LogP contribution in [0.25, 0.3) is 11.4 Å². The normalized spacial score (nSPS) is 11.2. The highest BCUT2D eigenvalue weighted by atomic mass is 32.2.